The van der Waals surface area contributed by atoms with Gasteiger partial charge in [-0.3, -0.25) is 0 Å². The minimum absolute atomic E-state index is 0.333. The average Bonchev–Trinajstić information content (AvgIpc) is 2.97. The van der Waals surface area contributed by atoms with Gasteiger partial charge < -0.3 is 10.1 Å². The fourth-order valence-corrected chi connectivity index (χ4v) is 2.98. The number of nitrogens with one attached hydrogen (secondary N) is 1. The van der Waals surface area contributed by atoms with Crippen molar-refractivity contribution in [3.8, 4) is 0 Å². The molecule has 7 heteroatoms. The maximum absolute atomic E-state index is 11.9. The van der Waals surface area contributed by atoms with Crippen molar-refractivity contribution in [2.24, 2.45) is 0 Å². The Kier molecular flexibility index (Phi) is 4.24. The minimum Gasteiger partial charge on any atom is -0.461 e. The maximum atomic E-state index is 11.9. The van der Waals surface area contributed by atoms with Crippen LogP contribution in [-0.4, -0.2) is 27.5 Å². The Morgan fingerprint density at radius 1 is 1.36 bits per heavy atom. The topological polar surface area (TPSA) is 77.0 Å². The third-order valence-corrected chi connectivity index (χ3v) is 4.05. The second-order valence-electron chi connectivity index (χ2n) is 4.50. The molecule has 112 valence electrons. The van der Waals surface area contributed by atoms with Gasteiger partial charge in [0.15, 0.2) is 5.69 Å². The first-order valence-electron chi connectivity index (χ1n) is 6.81. The molecule has 22 heavy (non-hydrogen) atoms. The molecule has 0 saturated carbocycles. The maximum Gasteiger partial charge on any atom is 0.357 e. The first-order chi connectivity index (χ1) is 10.8. The highest BCUT2D eigenvalue weighted by molar-refractivity contribution is 7.22. The van der Waals surface area contributed by atoms with Gasteiger partial charge in [-0.2, -0.15) is 0 Å². The molecule has 0 radical (unpaired) electrons. The van der Waals surface area contributed by atoms with Crippen molar-refractivity contribution in [2.75, 3.05) is 11.9 Å². The lowest BCUT2D eigenvalue weighted by Crippen LogP contribution is -2.06. The molecule has 0 bridgehead atoms. The summed E-state index contributed by atoms with van der Waals surface area (Å²) in [7, 11) is 0. The molecule has 0 saturated heterocycles. The van der Waals surface area contributed by atoms with E-state index in [1.807, 2.05) is 12.1 Å². The summed E-state index contributed by atoms with van der Waals surface area (Å²) in [5.74, 6) is -0.395. The van der Waals surface area contributed by atoms with E-state index in [1.54, 1.807) is 36.9 Å². The minimum atomic E-state index is -0.395. The number of anilines is 1. The number of carbonyl (C=O) groups excluding carboxylic acids is 1. The molecule has 0 fully saturated rings. The Balaban J connectivity index is 1.83. The van der Waals surface area contributed by atoms with Crippen LogP contribution in [0.1, 0.15) is 23.0 Å². The van der Waals surface area contributed by atoms with Gasteiger partial charge in [0.2, 0.25) is 0 Å². The molecule has 0 aliphatic heterocycles. The molecule has 0 aliphatic carbocycles. The molecule has 6 nitrogen and oxygen atoms in total. The smallest absolute Gasteiger partial charge is 0.357 e. The zero-order valence-electron chi connectivity index (χ0n) is 11.9. The molecular weight excluding hydrogens is 300 g/mol. The highest BCUT2D eigenvalue weighted by atomic mass is 32.1. The summed E-state index contributed by atoms with van der Waals surface area (Å²) in [5.41, 5.74) is 1.34. The lowest BCUT2D eigenvalue weighted by Gasteiger charge is -2.02. The number of thiophene rings is 1. The van der Waals surface area contributed by atoms with Gasteiger partial charge in [0.05, 0.1) is 11.6 Å². The largest absolute Gasteiger partial charge is 0.461 e. The van der Waals surface area contributed by atoms with E-state index in [-0.39, 0.29) is 0 Å². The number of carbonyl (C=O) groups is 1. The zero-order valence-corrected chi connectivity index (χ0v) is 12.8. The first-order valence-corrected chi connectivity index (χ1v) is 7.63. The molecule has 3 aromatic rings. The van der Waals surface area contributed by atoms with Crippen LogP contribution in [0.5, 0.6) is 0 Å². The quantitative estimate of drug-likeness (QED) is 0.730. The Morgan fingerprint density at radius 3 is 2.95 bits per heavy atom. The molecule has 0 atom stereocenters. The summed E-state index contributed by atoms with van der Waals surface area (Å²) in [6, 6.07) is 3.81. The van der Waals surface area contributed by atoms with Gasteiger partial charge in [0, 0.05) is 40.8 Å². The van der Waals surface area contributed by atoms with Crippen molar-refractivity contribution in [3.63, 3.8) is 0 Å². The molecule has 0 aliphatic rings. The summed E-state index contributed by atoms with van der Waals surface area (Å²) in [6.45, 7) is 2.73. The Hall–Kier alpha value is -2.54. The SMILES string of the molecule is CCOC(=O)c1nccc2sc(NCc3cncnc3)cc12. The number of fused-ring (bicyclic) bond motifs is 1. The van der Waals surface area contributed by atoms with Crippen molar-refractivity contribution in [2.45, 2.75) is 13.5 Å². The standard InChI is InChI=1S/C15H14N4O2S/c1-2-21-15(20)14-11-5-13(22-12(11)3-4-18-14)19-8-10-6-16-9-17-7-10/h3-7,9,19H,2,8H2,1H3. The second kappa shape index (κ2) is 6.48. The van der Waals surface area contributed by atoms with Gasteiger partial charge >= 0.3 is 5.97 Å². The third-order valence-electron chi connectivity index (χ3n) is 3.00. The van der Waals surface area contributed by atoms with Crippen LogP contribution >= 0.6 is 11.3 Å². The fourth-order valence-electron chi connectivity index (χ4n) is 2.02. The number of rotatable bonds is 5. The van der Waals surface area contributed by atoms with Gasteiger partial charge in [0.1, 0.15) is 6.33 Å². The van der Waals surface area contributed by atoms with Gasteiger partial charge in [-0.1, -0.05) is 0 Å². The van der Waals surface area contributed by atoms with Crippen LogP contribution in [0.25, 0.3) is 10.1 Å². The highest BCUT2D eigenvalue weighted by Gasteiger charge is 2.15. The van der Waals surface area contributed by atoms with E-state index in [9.17, 15) is 4.79 Å². The summed E-state index contributed by atoms with van der Waals surface area (Å²) in [4.78, 5) is 24.0. The zero-order chi connectivity index (χ0) is 15.4. The van der Waals surface area contributed by atoms with E-state index in [2.05, 4.69) is 20.3 Å². The Morgan fingerprint density at radius 2 is 2.18 bits per heavy atom. The Bertz CT molecular complexity index is 789. The van der Waals surface area contributed by atoms with Crippen molar-refractivity contribution in [3.05, 3.63) is 48.3 Å². The summed E-state index contributed by atoms with van der Waals surface area (Å²) in [5, 5.41) is 5.07. The predicted molar refractivity (Wildman–Crippen MR) is 84.9 cm³/mol. The first kappa shape index (κ1) is 14.4. The molecule has 0 unspecified atom stereocenters. The van der Waals surface area contributed by atoms with Crippen LogP contribution in [0.2, 0.25) is 0 Å². The van der Waals surface area contributed by atoms with Gasteiger partial charge in [-0.25, -0.2) is 19.7 Å². The molecule has 3 rings (SSSR count). The van der Waals surface area contributed by atoms with Gasteiger partial charge in [-0.05, 0) is 19.1 Å². The number of pyridine rings is 1. The normalized spacial score (nSPS) is 10.6. The van der Waals surface area contributed by atoms with E-state index in [4.69, 9.17) is 4.74 Å². The van der Waals surface area contributed by atoms with Crippen LogP contribution < -0.4 is 5.32 Å². The lowest BCUT2D eigenvalue weighted by molar-refractivity contribution is 0.0522. The molecule has 0 amide bonds. The second-order valence-corrected chi connectivity index (χ2v) is 5.59. The third kappa shape index (κ3) is 3.04. The van der Waals surface area contributed by atoms with Crippen molar-refractivity contribution >= 4 is 32.4 Å². The van der Waals surface area contributed by atoms with Crippen LogP contribution in [0, 0.1) is 0 Å². The van der Waals surface area contributed by atoms with Crippen molar-refractivity contribution < 1.29 is 9.53 Å². The van der Waals surface area contributed by atoms with Gasteiger partial charge in [0.25, 0.3) is 0 Å². The van der Waals surface area contributed by atoms with Crippen LogP contribution in [0.3, 0.4) is 0 Å². The van der Waals surface area contributed by atoms with E-state index in [0.717, 1.165) is 20.7 Å². The molecular formula is C15H14N4O2S. The molecule has 0 spiro atoms. The lowest BCUT2D eigenvalue weighted by atomic mass is 10.2. The number of nitrogens with zero attached hydrogens (tertiary/aromatic N) is 3. The van der Waals surface area contributed by atoms with Gasteiger partial charge in [-0.15, -0.1) is 11.3 Å². The van der Waals surface area contributed by atoms with E-state index in [0.29, 0.717) is 18.8 Å². The van der Waals surface area contributed by atoms with Crippen molar-refractivity contribution in [1.82, 2.24) is 15.0 Å². The van der Waals surface area contributed by atoms with E-state index >= 15 is 0 Å². The molecule has 3 heterocycles. The summed E-state index contributed by atoms with van der Waals surface area (Å²) in [6.07, 6.45) is 6.65. The van der Waals surface area contributed by atoms with E-state index < -0.39 is 5.97 Å². The number of aromatic nitrogens is 3. The molecule has 0 aromatic carbocycles. The van der Waals surface area contributed by atoms with Crippen LogP contribution in [-0.2, 0) is 11.3 Å². The van der Waals surface area contributed by atoms with E-state index in [1.165, 1.54) is 6.33 Å². The average molecular weight is 314 g/mol. The summed E-state index contributed by atoms with van der Waals surface area (Å²) >= 11 is 1.57. The fraction of sp³-hybridized carbons (Fsp3) is 0.200. The highest BCUT2D eigenvalue weighted by Crippen LogP contribution is 2.31. The van der Waals surface area contributed by atoms with Crippen molar-refractivity contribution in [1.29, 1.82) is 0 Å². The number of hydrogen-bond acceptors (Lipinski definition) is 7. The summed E-state index contributed by atoms with van der Waals surface area (Å²) < 4.78 is 6.03. The Labute approximate surface area is 131 Å². The monoisotopic (exact) mass is 314 g/mol. The van der Waals surface area contributed by atoms with Crippen LogP contribution in [0.15, 0.2) is 37.1 Å². The molecule has 1 N–H and O–H groups in total. The predicted octanol–water partition coefficient (Wildman–Crippen LogP) is 2.88. The number of hydrogen-bond donors (Lipinski definition) is 1. The number of esters is 1. The van der Waals surface area contributed by atoms with Crippen LogP contribution in [0.4, 0.5) is 5.00 Å². The molecule has 3 aromatic heterocycles. The number of ether oxygens (including phenoxy) is 1.